The lowest BCUT2D eigenvalue weighted by Gasteiger charge is -2.29. The molecule has 0 bridgehead atoms. The number of nitrogens with zero attached hydrogens (tertiary/aromatic N) is 3. The molecule has 23 heavy (non-hydrogen) atoms. The first-order chi connectivity index (χ1) is 9.72. The van der Waals surface area contributed by atoms with Gasteiger partial charge in [-0.05, 0) is 43.3 Å². The first kappa shape index (κ1) is 22.2. The minimum Gasteiger partial charge on any atom is -0.472 e. The molecule has 1 aliphatic heterocycles. The number of fused-ring (bicyclic) bond motifs is 1. The normalized spacial score (nSPS) is 13.5. The van der Waals surface area contributed by atoms with Crippen LogP contribution < -0.4 is 0 Å². The summed E-state index contributed by atoms with van der Waals surface area (Å²) in [5, 5.41) is 0. The smallest absolute Gasteiger partial charge is 0.0947 e. The van der Waals surface area contributed by atoms with Gasteiger partial charge in [0.05, 0.1) is 12.5 Å². The number of furan rings is 1. The van der Waals surface area contributed by atoms with Gasteiger partial charge in [-0.25, -0.2) is 0 Å². The van der Waals surface area contributed by atoms with Crippen LogP contribution in [0, 0.1) is 0 Å². The number of hydrogen-bond donors (Lipinski definition) is 0. The second-order valence-electron chi connectivity index (χ2n) is 5.77. The Labute approximate surface area is 156 Å². The fraction of sp³-hybridized carbons (Fsp3) is 0.438. The topological polar surface area (TPSA) is 32.5 Å². The van der Waals surface area contributed by atoms with Crippen molar-refractivity contribution in [3.63, 3.8) is 0 Å². The second kappa shape index (κ2) is 10.2. The molecule has 7 heteroatoms. The van der Waals surface area contributed by atoms with Crippen molar-refractivity contribution < 1.29 is 4.42 Å². The van der Waals surface area contributed by atoms with Crippen LogP contribution in [0.2, 0.25) is 0 Å². The molecule has 0 saturated heterocycles. The van der Waals surface area contributed by atoms with Crippen LogP contribution in [0.4, 0.5) is 0 Å². The number of hydrogen-bond acceptors (Lipinski definition) is 4. The summed E-state index contributed by atoms with van der Waals surface area (Å²) in [5.74, 6) is 0. The molecule has 0 unspecified atom stereocenters. The molecule has 4 nitrogen and oxygen atoms in total. The second-order valence-corrected chi connectivity index (χ2v) is 5.77. The maximum Gasteiger partial charge on any atom is 0.0947 e. The van der Waals surface area contributed by atoms with Crippen LogP contribution in [0.3, 0.4) is 0 Å². The van der Waals surface area contributed by atoms with E-state index in [-0.39, 0.29) is 37.2 Å². The fourth-order valence-corrected chi connectivity index (χ4v) is 2.88. The molecule has 3 heterocycles. The van der Waals surface area contributed by atoms with Gasteiger partial charge >= 0.3 is 0 Å². The van der Waals surface area contributed by atoms with E-state index in [1.165, 1.54) is 22.3 Å². The molecule has 0 aliphatic carbocycles. The quantitative estimate of drug-likeness (QED) is 0.812. The summed E-state index contributed by atoms with van der Waals surface area (Å²) < 4.78 is 5.14. The zero-order valence-corrected chi connectivity index (χ0v) is 15.8. The van der Waals surface area contributed by atoms with Gasteiger partial charge in [-0.3, -0.25) is 9.88 Å². The third-order valence-electron chi connectivity index (χ3n) is 3.78. The van der Waals surface area contributed by atoms with Crippen molar-refractivity contribution in [2.45, 2.75) is 26.1 Å². The zero-order valence-electron chi connectivity index (χ0n) is 13.4. The minimum absolute atomic E-state index is 0. The van der Waals surface area contributed by atoms with Crippen LogP contribution in [0.25, 0.3) is 0 Å². The van der Waals surface area contributed by atoms with Crippen molar-refractivity contribution in [1.82, 2.24) is 14.8 Å². The maximum atomic E-state index is 5.14. The zero-order chi connectivity index (χ0) is 13.9. The van der Waals surface area contributed by atoms with Crippen LogP contribution in [0.1, 0.15) is 22.3 Å². The van der Waals surface area contributed by atoms with Gasteiger partial charge in [0.1, 0.15) is 0 Å². The van der Waals surface area contributed by atoms with Crippen molar-refractivity contribution >= 4 is 37.2 Å². The molecule has 0 N–H and O–H groups in total. The fourth-order valence-electron chi connectivity index (χ4n) is 2.88. The van der Waals surface area contributed by atoms with E-state index in [0.29, 0.717) is 0 Å². The van der Waals surface area contributed by atoms with E-state index >= 15 is 0 Å². The number of halogens is 3. The van der Waals surface area contributed by atoms with Gasteiger partial charge in [-0.15, -0.1) is 37.2 Å². The monoisotopic (exact) mass is 379 g/mol. The predicted molar refractivity (Wildman–Crippen MR) is 99.9 cm³/mol. The number of aromatic nitrogens is 1. The van der Waals surface area contributed by atoms with E-state index in [4.69, 9.17) is 4.42 Å². The number of pyridine rings is 1. The standard InChI is InChI=1S/C16H21N3O.3ClH/c1-18(2)10-14-7-17-8-15-11-19(5-3-16(14)15)9-13-4-6-20-12-13;;;/h4,6-8,12H,3,5,9-11H2,1-2H3;3*1H. The van der Waals surface area contributed by atoms with Gasteiger partial charge in [0.25, 0.3) is 0 Å². The molecule has 1 aliphatic rings. The highest BCUT2D eigenvalue weighted by Gasteiger charge is 2.19. The van der Waals surface area contributed by atoms with Crippen molar-refractivity contribution in [2.75, 3.05) is 20.6 Å². The first-order valence-electron chi connectivity index (χ1n) is 7.05. The third-order valence-corrected chi connectivity index (χ3v) is 3.78. The molecule has 0 atom stereocenters. The Morgan fingerprint density at radius 2 is 2.00 bits per heavy atom. The van der Waals surface area contributed by atoms with Gasteiger partial charge in [0, 0.05) is 44.1 Å². The summed E-state index contributed by atoms with van der Waals surface area (Å²) >= 11 is 0. The highest BCUT2D eigenvalue weighted by molar-refractivity contribution is 5.86. The van der Waals surface area contributed by atoms with Gasteiger partial charge in [-0.1, -0.05) is 0 Å². The molecule has 130 valence electrons. The summed E-state index contributed by atoms with van der Waals surface area (Å²) in [5.41, 5.74) is 5.48. The highest BCUT2D eigenvalue weighted by Crippen LogP contribution is 2.23. The van der Waals surface area contributed by atoms with Crippen LogP contribution in [-0.2, 0) is 26.1 Å². The van der Waals surface area contributed by atoms with Crippen molar-refractivity contribution in [1.29, 1.82) is 0 Å². The summed E-state index contributed by atoms with van der Waals surface area (Å²) in [6.07, 6.45) is 8.72. The number of rotatable bonds is 4. The molecule has 0 saturated carbocycles. The lowest BCUT2D eigenvalue weighted by molar-refractivity contribution is 0.243. The summed E-state index contributed by atoms with van der Waals surface area (Å²) in [7, 11) is 4.21. The van der Waals surface area contributed by atoms with Crippen molar-refractivity contribution in [3.05, 3.63) is 53.2 Å². The largest absolute Gasteiger partial charge is 0.472 e. The lowest BCUT2D eigenvalue weighted by atomic mass is 9.96. The van der Waals surface area contributed by atoms with E-state index < -0.39 is 0 Å². The summed E-state index contributed by atoms with van der Waals surface area (Å²) in [6, 6.07) is 2.04. The van der Waals surface area contributed by atoms with Gasteiger partial charge in [0.2, 0.25) is 0 Å². The Balaban J connectivity index is 0.00000161. The maximum absolute atomic E-state index is 5.14. The SMILES string of the molecule is CN(C)Cc1cncc2c1CCN(Cc1ccoc1)C2.Cl.Cl.Cl. The van der Waals surface area contributed by atoms with Crippen LogP contribution >= 0.6 is 37.2 Å². The lowest BCUT2D eigenvalue weighted by Crippen LogP contribution is -2.31. The van der Waals surface area contributed by atoms with Crippen LogP contribution in [-0.4, -0.2) is 35.4 Å². The van der Waals surface area contributed by atoms with Crippen molar-refractivity contribution in [3.8, 4) is 0 Å². The average molecular weight is 381 g/mol. The molecule has 0 fully saturated rings. The Morgan fingerprint density at radius 1 is 1.22 bits per heavy atom. The Hall–Kier alpha value is -0.780. The predicted octanol–water partition coefficient (Wildman–Crippen LogP) is 3.56. The van der Waals surface area contributed by atoms with E-state index in [1.54, 1.807) is 6.26 Å². The molecule has 0 spiro atoms. The minimum atomic E-state index is 0. The van der Waals surface area contributed by atoms with E-state index in [0.717, 1.165) is 32.6 Å². The van der Waals surface area contributed by atoms with Gasteiger partial charge < -0.3 is 9.32 Å². The Kier molecular flexibility index (Phi) is 9.82. The third kappa shape index (κ3) is 5.66. The van der Waals surface area contributed by atoms with Crippen LogP contribution in [0.15, 0.2) is 35.4 Å². The first-order valence-corrected chi connectivity index (χ1v) is 7.05. The van der Waals surface area contributed by atoms with Gasteiger partial charge in [0.15, 0.2) is 0 Å². The van der Waals surface area contributed by atoms with Gasteiger partial charge in [-0.2, -0.15) is 0 Å². The van der Waals surface area contributed by atoms with E-state index in [1.807, 2.05) is 24.7 Å². The summed E-state index contributed by atoms with van der Waals surface area (Å²) in [6.45, 7) is 4.00. The van der Waals surface area contributed by atoms with E-state index in [9.17, 15) is 0 Å². The Morgan fingerprint density at radius 3 is 2.65 bits per heavy atom. The van der Waals surface area contributed by atoms with Crippen LogP contribution in [0.5, 0.6) is 0 Å². The highest BCUT2D eigenvalue weighted by atomic mass is 35.5. The van der Waals surface area contributed by atoms with E-state index in [2.05, 4.69) is 28.9 Å². The van der Waals surface area contributed by atoms with Crippen molar-refractivity contribution in [2.24, 2.45) is 0 Å². The molecule has 3 rings (SSSR count). The molecule has 2 aromatic rings. The molecular weight excluding hydrogens is 357 g/mol. The average Bonchev–Trinajstić information content (AvgIpc) is 2.91. The molecule has 0 aromatic carbocycles. The molecular formula is C16H24Cl3N3O. The Bertz CT molecular complexity index is 576. The molecule has 0 amide bonds. The summed E-state index contributed by atoms with van der Waals surface area (Å²) in [4.78, 5) is 9.07. The molecule has 0 radical (unpaired) electrons. The molecule has 2 aromatic heterocycles.